The summed E-state index contributed by atoms with van der Waals surface area (Å²) >= 11 is 0. The lowest BCUT2D eigenvalue weighted by atomic mass is 9.98. The Morgan fingerprint density at radius 1 is 1.41 bits per heavy atom. The van der Waals surface area contributed by atoms with Crippen LogP contribution in [0.25, 0.3) is 0 Å². The summed E-state index contributed by atoms with van der Waals surface area (Å²) in [4.78, 5) is 2.63. The van der Waals surface area contributed by atoms with Crippen molar-refractivity contribution in [2.45, 2.75) is 51.6 Å². The molecule has 0 aliphatic carbocycles. The highest BCUT2D eigenvalue weighted by Gasteiger charge is 2.20. The maximum Gasteiger partial charge on any atom is 0.0719 e. The van der Waals surface area contributed by atoms with E-state index in [-0.39, 0.29) is 0 Å². The number of likely N-dealkylation sites (tertiary alicyclic amines) is 1. The standard InChI is InChI=1S/C13H24N4/c1-2-5-13-6-3-4-7-16(13)8-9-17-11-12(14)10-15-17/h10-11,13H,2-9,14H2,1H3. The number of nitrogens with two attached hydrogens (primary N) is 1. The summed E-state index contributed by atoms with van der Waals surface area (Å²) in [5.74, 6) is 0. The third kappa shape index (κ3) is 3.46. The minimum absolute atomic E-state index is 0.758. The van der Waals surface area contributed by atoms with Crippen molar-refractivity contribution in [1.29, 1.82) is 0 Å². The fraction of sp³-hybridized carbons (Fsp3) is 0.769. The molecule has 1 aliphatic heterocycles. The third-order valence-corrected chi connectivity index (χ3v) is 3.64. The zero-order valence-corrected chi connectivity index (χ0v) is 10.8. The van der Waals surface area contributed by atoms with Crippen LogP contribution in [0.3, 0.4) is 0 Å². The Morgan fingerprint density at radius 2 is 2.29 bits per heavy atom. The van der Waals surface area contributed by atoms with Gasteiger partial charge in [0.25, 0.3) is 0 Å². The van der Waals surface area contributed by atoms with Crippen LogP contribution in [0.4, 0.5) is 5.69 Å². The zero-order valence-electron chi connectivity index (χ0n) is 10.8. The molecule has 1 aliphatic rings. The van der Waals surface area contributed by atoms with Gasteiger partial charge in [0.1, 0.15) is 0 Å². The number of hydrogen-bond acceptors (Lipinski definition) is 3. The van der Waals surface area contributed by atoms with E-state index in [1.165, 1.54) is 38.6 Å². The molecule has 2 heterocycles. The van der Waals surface area contributed by atoms with Crippen LogP contribution < -0.4 is 5.73 Å². The van der Waals surface area contributed by atoms with Crippen molar-refractivity contribution in [3.8, 4) is 0 Å². The molecule has 0 bridgehead atoms. The molecule has 96 valence electrons. The van der Waals surface area contributed by atoms with E-state index in [1.807, 2.05) is 10.9 Å². The van der Waals surface area contributed by atoms with E-state index >= 15 is 0 Å². The van der Waals surface area contributed by atoms with Gasteiger partial charge in [-0.15, -0.1) is 0 Å². The normalized spacial score (nSPS) is 21.8. The molecule has 1 aromatic rings. The minimum atomic E-state index is 0.758. The first-order valence-electron chi connectivity index (χ1n) is 6.81. The Kier molecular flexibility index (Phi) is 4.42. The highest BCUT2D eigenvalue weighted by atomic mass is 15.3. The molecule has 0 amide bonds. The van der Waals surface area contributed by atoms with Gasteiger partial charge in [0.2, 0.25) is 0 Å². The predicted octanol–water partition coefficient (Wildman–Crippen LogP) is 2.12. The molecule has 2 N–H and O–H groups in total. The molecule has 1 saturated heterocycles. The van der Waals surface area contributed by atoms with Crippen LogP contribution in [0.2, 0.25) is 0 Å². The van der Waals surface area contributed by atoms with Gasteiger partial charge in [-0.2, -0.15) is 5.10 Å². The second kappa shape index (κ2) is 6.05. The van der Waals surface area contributed by atoms with E-state index in [9.17, 15) is 0 Å². The first-order chi connectivity index (χ1) is 8.29. The summed E-state index contributed by atoms with van der Waals surface area (Å²) in [6.07, 6.45) is 10.4. The molecule has 1 aromatic heterocycles. The number of anilines is 1. The van der Waals surface area contributed by atoms with Gasteiger partial charge in [0.05, 0.1) is 18.4 Å². The molecule has 1 atom stereocenters. The molecule has 17 heavy (non-hydrogen) atoms. The van der Waals surface area contributed by atoms with E-state index in [1.54, 1.807) is 6.20 Å². The summed E-state index contributed by atoms with van der Waals surface area (Å²) in [6, 6.07) is 0.793. The van der Waals surface area contributed by atoms with Crippen LogP contribution in [0, 0.1) is 0 Å². The van der Waals surface area contributed by atoms with Crippen molar-refractivity contribution in [2.24, 2.45) is 0 Å². The number of hydrogen-bond donors (Lipinski definition) is 1. The van der Waals surface area contributed by atoms with Crippen LogP contribution in [-0.2, 0) is 6.54 Å². The molecule has 1 fully saturated rings. The molecule has 0 radical (unpaired) electrons. The van der Waals surface area contributed by atoms with Crippen LogP contribution >= 0.6 is 0 Å². The van der Waals surface area contributed by atoms with Crippen LogP contribution in [0.15, 0.2) is 12.4 Å². The van der Waals surface area contributed by atoms with Crippen molar-refractivity contribution in [2.75, 3.05) is 18.8 Å². The van der Waals surface area contributed by atoms with Crippen LogP contribution in [-0.4, -0.2) is 33.8 Å². The average molecular weight is 236 g/mol. The smallest absolute Gasteiger partial charge is 0.0719 e. The number of aromatic nitrogens is 2. The highest BCUT2D eigenvalue weighted by molar-refractivity contribution is 5.30. The van der Waals surface area contributed by atoms with E-state index in [2.05, 4.69) is 16.9 Å². The first-order valence-corrected chi connectivity index (χ1v) is 6.81. The lowest BCUT2D eigenvalue weighted by Gasteiger charge is -2.35. The second-order valence-electron chi connectivity index (χ2n) is 5.01. The van der Waals surface area contributed by atoms with Crippen molar-refractivity contribution < 1.29 is 0 Å². The summed E-state index contributed by atoms with van der Waals surface area (Å²) in [5, 5.41) is 4.24. The molecule has 4 heteroatoms. The Balaban J connectivity index is 1.83. The Morgan fingerprint density at radius 3 is 3.00 bits per heavy atom. The van der Waals surface area contributed by atoms with Crippen molar-refractivity contribution in [3.63, 3.8) is 0 Å². The fourth-order valence-corrected chi connectivity index (χ4v) is 2.75. The number of nitrogen functional groups attached to an aromatic ring is 1. The van der Waals surface area contributed by atoms with Gasteiger partial charge >= 0.3 is 0 Å². The molecule has 1 unspecified atom stereocenters. The predicted molar refractivity (Wildman–Crippen MR) is 70.8 cm³/mol. The van der Waals surface area contributed by atoms with Gasteiger partial charge in [-0.25, -0.2) is 0 Å². The summed E-state index contributed by atoms with van der Waals surface area (Å²) < 4.78 is 1.95. The number of rotatable bonds is 5. The number of piperidine rings is 1. The highest BCUT2D eigenvalue weighted by Crippen LogP contribution is 2.20. The van der Waals surface area contributed by atoms with Crippen LogP contribution in [0.1, 0.15) is 39.0 Å². The maximum absolute atomic E-state index is 5.67. The SMILES string of the molecule is CCCC1CCCCN1CCn1cc(N)cn1. The molecule has 0 spiro atoms. The minimum Gasteiger partial charge on any atom is -0.396 e. The van der Waals surface area contributed by atoms with Gasteiger partial charge in [-0.3, -0.25) is 9.58 Å². The summed E-state index contributed by atoms with van der Waals surface area (Å²) in [5.41, 5.74) is 6.42. The Bertz CT molecular complexity index is 332. The molecule has 2 rings (SSSR count). The lowest BCUT2D eigenvalue weighted by molar-refractivity contribution is 0.133. The summed E-state index contributed by atoms with van der Waals surface area (Å²) in [7, 11) is 0. The summed E-state index contributed by atoms with van der Waals surface area (Å²) in [6.45, 7) is 5.59. The van der Waals surface area contributed by atoms with E-state index in [0.29, 0.717) is 0 Å². The molecular weight excluding hydrogens is 212 g/mol. The van der Waals surface area contributed by atoms with Crippen molar-refractivity contribution in [3.05, 3.63) is 12.4 Å². The quantitative estimate of drug-likeness (QED) is 0.852. The van der Waals surface area contributed by atoms with Crippen molar-refractivity contribution in [1.82, 2.24) is 14.7 Å². The second-order valence-corrected chi connectivity index (χ2v) is 5.01. The maximum atomic E-state index is 5.67. The zero-order chi connectivity index (χ0) is 12.1. The van der Waals surface area contributed by atoms with Crippen molar-refractivity contribution >= 4 is 5.69 Å². The van der Waals surface area contributed by atoms with Gasteiger partial charge in [-0.1, -0.05) is 19.8 Å². The van der Waals surface area contributed by atoms with Gasteiger partial charge in [-0.05, 0) is 25.8 Å². The lowest BCUT2D eigenvalue weighted by Crippen LogP contribution is -2.41. The van der Waals surface area contributed by atoms with E-state index in [0.717, 1.165) is 24.8 Å². The van der Waals surface area contributed by atoms with Gasteiger partial charge in [0.15, 0.2) is 0 Å². The average Bonchev–Trinajstić information content (AvgIpc) is 2.74. The molecule has 4 nitrogen and oxygen atoms in total. The fourth-order valence-electron chi connectivity index (χ4n) is 2.75. The first kappa shape index (κ1) is 12.4. The monoisotopic (exact) mass is 236 g/mol. The molecular formula is C13H24N4. The van der Waals surface area contributed by atoms with Gasteiger partial charge < -0.3 is 5.73 Å². The number of nitrogens with zero attached hydrogens (tertiary/aromatic N) is 3. The third-order valence-electron chi connectivity index (χ3n) is 3.64. The Hall–Kier alpha value is -1.03. The van der Waals surface area contributed by atoms with Gasteiger partial charge in [0, 0.05) is 18.8 Å². The molecule has 0 aromatic carbocycles. The Labute approximate surface area is 104 Å². The topological polar surface area (TPSA) is 47.1 Å². The molecule has 0 saturated carbocycles. The van der Waals surface area contributed by atoms with Crippen LogP contribution in [0.5, 0.6) is 0 Å². The largest absolute Gasteiger partial charge is 0.396 e. The van der Waals surface area contributed by atoms with E-state index in [4.69, 9.17) is 5.73 Å². The van der Waals surface area contributed by atoms with E-state index < -0.39 is 0 Å².